The van der Waals surface area contributed by atoms with Crippen molar-refractivity contribution >= 4 is 21.6 Å². The van der Waals surface area contributed by atoms with Crippen LogP contribution in [0.15, 0.2) is 54.6 Å². The molecule has 1 amide bonds. The van der Waals surface area contributed by atoms with E-state index in [9.17, 15) is 13.2 Å². The fourth-order valence-corrected chi connectivity index (χ4v) is 6.53. The first-order valence-electron chi connectivity index (χ1n) is 12.2. The molecule has 0 aromatic heterocycles. The summed E-state index contributed by atoms with van der Waals surface area (Å²) >= 11 is 0. The van der Waals surface area contributed by atoms with Crippen molar-refractivity contribution < 1.29 is 17.9 Å². The lowest BCUT2D eigenvalue weighted by Gasteiger charge is -2.39. The van der Waals surface area contributed by atoms with Crippen LogP contribution < -0.4 is 9.64 Å². The van der Waals surface area contributed by atoms with Gasteiger partial charge in [-0.1, -0.05) is 42.5 Å². The number of piperidine rings is 1. The molecule has 2 saturated heterocycles. The number of anilines is 1. The summed E-state index contributed by atoms with van der Waals surface area (Å²) in [4.78, 5) is 17.4. The number of rotatable bonds is 8. The fourth-order valence-electron chi connectivity index (χ4n) is 4.95. The van der Waals surface area contributed by atoms with Crippen molar-refractivity contribution in [1.82, 2.24) is 9.21 Å². The number of piperazine rings is 1. The molecule has 8 heteroatoms. The number of amides is 1. The van der Waals surface area contributed by atoms with Crippen molar-refractivity contribution in [3.8, 4) is 5.75 Å². The molecule has 2 fully saturated rings. The predicted octanol–water partition coefficient (Wildman–Crippen LogP) is 3.02. The Labute approximate surface area is 203 Å². The number of para-hydroxylation sites is 2. The molecule has 7 nitrogen and oxygen atoms in total. The highest BCUT2D eigenvalue weighted by Gasteiger charge is 2.35. The van der Waals surface area contributed by atoms with Gasteiger partial charge in [0.2, 0.25) is 15.9 Å². The zero-order valence-electron chi connectivity index (χ0n) is 19.9. The number of carbonyl (C=O) groups is 1. The molecule has 2 heterocycles. The van der Waals surface area contributed by atoms with Crippen LogP contribution in [0.4, 0.5) is 5.69 Å². The topological polar surface area (TPSA) is 70.2 Å². The molecule has 0 saturated carbocycles. The molecule has 0 aliphatic carbocycles. The second kappa shape index (κ2) is 11.2. The lowest BCUT2D eigenvalue weighted by molar-refractivity contribution is -0.137. The molecule has 0 radical (unpaired) electrons. The summed E-state index contributed by atoms with van der Waals surface area (Å²) in [5, 5.41) is 0. The van der Waals surface area contributed by atoms with E-state index in [0.717, 1.165) is 49.4 Å². The van der Waals surface area contributed by atoms with Crippen LogP contribution in [0.2, 0.25) is 0 Å². The molecule has 34 heavy (non-hydrogen) atoms. The first kappa shape index (κ1) is 24.5. The van der Waals surface area contributed by atoms with Gasteiger partial charge in [0.15, 0.2) is 0 Å². The summed E-state index contributed by atoms with van der Waals surface area (Å²) in [6.45, 7) is 3.56. The maximum Gasteiger partial charge on any atom is 0.227 e. The van der Waals surface area contributed by atoms with E-state index < -0.39 is 10.0 Å². The largest absolute Gasteiger partial charge is 0.495 e. The number of benzene rings is 2. The lowest BCUT2D eigenvalue weighted by atomic mass is 9.97. The molecule has 0 N–H and O–H groups in total. The molecule has 2 aromatic carbocycles. The van der Waals surface area contributed by atoms with Crippen molar-refractivity contribution in [3.63, 3.8) is 0 Å². The minimum absolute atomic E-state index is 0.0869. The van der Waals surface area contributed by atoms with Crippen LogP contribution in [0.5, 0.6) is 5.75 Å². The summed E-state index contributed by atoms with van der Waals surface area (Å²) < 4.78 is 33.0. The van der Waals surface area contributed by atoms with Crippen LogP contribution in [0.1, 0.15) is 24.8 Å². The smallest absolute Gasteiger partial charge is 0.227 e. The third-order valence-corrected chi connectivity index (χ3v) is 8.78. The molecule has 2 aliphatic rings. The third kappa shape index (κ3) is 5.91. The van der Waals surface area contributed by atoms with Gasteiger partial charge in [-0.3, -0.25) is 4.79 Å². The number of hydrogen-bond acceptors (Lipinski definition) is 5. The van der Waals surface area contributed by atoms with E-state index in [-0.39, 0.29) is 17.6 Å². The maximum atomic E-state index is 13.3. The van der Waals surface area contributed by atoms with E-state index in [1.165, 1.54) is 0 Å². The van der Waals surface area contributed by atoms with E-state index >= 15 is 0 Å². The normalized spacial score (nSPS) is 19.7. The van der Waals surface area contributed by atoms with Gasteiger partial charge in [-0.15, -0.1) is 0 Å². The molecular formula is C26H35N3O4S. The summed E-state index contributed by atoms with van der Waals surface area (Å²) in [6.07, 6.45) is 2.82. The quantitative estimate of drug-likeness (QED) is 0.575. The van der Waals surface area contributed by atoms with Crippen molar-refractivity contribution in [1.29, 1.82) is 0 Å². The first-order valence-corrected chi connectivity index (χ1v) is 13.8. The Kier molecular flexibility index (Phi) is 8.11. The van der Waals surface area contributed by atoms with Crippen molar-refractivity contribution in [2.45, 2.75) is 25.7 Å². The zero-order valence-corrected chi connectivity index (χ0v) is 20.8. The van der Waals surface area contributed by atoms with Crippen LogP contribution in [-0.4, -0.2) is 75.7 Å². The van der Waals surface area contributed by atoms with Gasteiger partial charge in [0.05, 0.1) is 24.5 Å². The minimum Gasteiger partial charge on any atom is -0.495 e. The van der Waals surface area contributed by atoms with Gasteiger partial charge in [-0.2, -0.15) is 0 Å². The predicted molar refractivity (Wildman–Crippen MR) is 135 cm³/mol. The SMILES string of the molecule is COc1ccccc1N1CCN(C(=O)C2CCCN(S(=O)(=O)CCCc3ccccc3)C2)CC1. The van der Waals surface area contributed by atoms with Gasteiger partial charge in [-0.05, 0) is 43.4 Å². The monoisotopic (exact) mass is 485 g/mol. The second-order valence-corrected chi connectivity index (χ2v) is 11.2. The van der Waals surface area contributed by atoms with E-state index in [1.54, 1.807) is 11.4 Å². The van der Waals surface area contributed by atoms with Gasteiger partial charge in [-0.25, -0.2) is 12.7 Å². The molecule has 184 valence electrons. The number of ether oxygens (including phenoxy) is 1. The van der Waals surface area contributed by atoms with Gasteiger partial charge >= 0.3 is 0 Å². The van der Waals surface area contributed by atoms with E-state index in [1.807, 2.05) is 59.5 Å². The Morgan fingerprint density at radius 3 is 2.41 bits per heavy atom. The van der Waals surface area contributed by atoms with E-state index in [4.69, 9.17) is 4.74 Å². The van der Waals surface area contributed by atoms with Crippen LogP contribution in [-0.2, 0) is 21.2 Å². The average Bonchev–Trinajstić information content (AvgIpc) is 2.89. The zero-order chi connectivity index (χ0) is 24.0. The van der Waals surface area contributed by atoms with E-state index in [0.29, 0.717) is 32.6 Å². The summed E-state index contributed by atoms with van der Waals surface area (Å²) in [5.74, 6) is 0.794. The summed E-state index contributed by atoms with van der Waals surface area (Å²) in [7, 11) is -1.69. The van der Waals surface area contributed by atoms with Crippen molar-refractivity contribution in [3.05, 3.63) is 60.2 Å². The number of methoxy groups -OCH3 is 1. The van der Waals surface area contributed by atoms with Crippen molar-refractivity contribution in [2.24, 2.45) is 5.92 Å². The standard InChI is InChI=1S/C26H35N3O4S/c1-33-25-14-6-5-13-24(25)27-16-18-28(19-17-27)26(30)23-12-7-15-29(21-23)34(31,32)20-8-11-22-9-3-2-4-10-22/h2-6,9-10,13-14,23H,7-8,11-12,15-21H2,1H3. The average molecular weight is 486 g/mol. The highest BCUT2D eigenvalue weighted by Crippen LogP contribution is 2.29. The van der Waals surface area contributed by atoms with Gasteiger partial charge in [0.1, 0.15) is 5.75 Å². The van der Waals surface area contributed by atoms with Gasteiger partial charge < -0.3 is 14.5 Å². The number of sulfonamides is 1. The highest BCUT2D eigenvalue weighted by atomic mass is 32.2. The Balaban J connectivity index is 1.29. The number of nitrogens with zero attached hydrogens (tertiary/aromatic N) is 3. The fraction of sp³-hybridized carbons (Fsp3) is 0.500. The van der Waals surface area contributed by atoms with Crippen LogP contribution in [0, 0.1) is 5.92 Å². The Morgan fingerprint density at radius 1 is 0.971 bits per heavy atom. The van der Waals surface area contributed by atoms with Gasteiger partial charge in [0.25, 0.3) is 0 Å². The molecular weight excluding hydrogens is 450 g/mol. The molecule has 0 spiro atoms. The first-order chi connectivity index (χ1) is 16.5. The lowest BCUT2D eigenvalue weighted by Crippen LogP contribution is -2.53. The molecule has 2 aliphatic heterocycles. The Hall–Kier alpha value is -2.58. The Morgan fingerprint density at radius 2 is 1.68 bits per heavy atom. The number of hydrogen-bond donors (Lipinski definition) is 0. The van der Waals surface area contributed by atoms with E-state index in [2.05, 4.69) is 4.90 Å². The molecule has 0 bridgehead atoms. The molecule has 1 atom stereocenters. The maximum absolute atomic E-state index is 13.3. The van der Waals surface area contributed by atoms with Crippen LogP contribution in [0.25, 0.3) is 0 Å². The van der Waals surface area contributed by atoms with Crippen LogP contribution in [0.3, 0.4) is 0 Å². The van der Waals surface area contributed by atoms with Crippen molar-refractivity contribution in [2.75, 3.05) is 57.0 Å². The highest BCUT2D eigenvalue weighted by molar-refractivity contribution is 7.89. The molecule has 4 rings (SSSR count). The second-order valence-electron chi connectivity index (χ2n) is 9.09. The number of carbonyl (C=O) groups excluding carboxylic acids is 1. The number of aryl methyl sites for hydroxylation is 1. The van der Waals surface area contributed by atoms with Gasteiger partial charge in [0, 0.05) is 39.3 Å². The molecule has 2 aromatic rings. The summed E-state index contributed by atoms with van der Waals surface area (Å²) in [6, 6.07) is 17.9. The minimum atomic E-state index is -3.36. The molecule has 1 unspecified atom stereocenters. The third-order valence-electron chi connectivity index (χ3n) is 6.85. The Bertz CT molecular complexity index is 1050. The van der Waals surface area contributed by atoms with Crippen LogP contribution >= 0.6 is 0 Å². The summed E-state index contributed by atoms with van der Waals surface area (Å²) in [5.41, 5.74) is 2.19.